The zero-order chi connectivity index (χ0) is 18.3. The molecule has 0 aliphatic heterocycles. The van der Waals surface area contributed by atoms with E-state index >= 15 is 0 Å². The molecule has 0 bridgehead atoms. The Morgan fingerprint density at radius 3 is 2.44 bits per heavy atom. The minimum absolute atomic E-state index is 0.0630. The van der Waals surface area contributed by atoms with Crippen molar-refractivity contribution in [1.29, 1.82) is 0 Å². The number of sulfonamides is 1. The summed E-state index contributed by atoms with van der Waals surface area (Å²) in [5, 5.41) is 2.87. The van der Waals surface area contributed by atoms with Crippen LogP contribution in [0.3, 0.4) is 0 Å². The van der Waals surface area contributed by atoms with E-state index in [4.69, 9.17) is 0 Å². The summed E-state index contributed by atoms with van der Waals surface area (Å²) in [6.07, 6.45) is 1.64. The maximum Gasteiger partial charge on any atom is 0.240 e. The molecule has 2 aromatic carbocycles. The maximum atomic E-state index is 12.0. The summed E-state index contributed by atoms with van der Waals surface area (Å²) in [5.41, 5.74) is 2.80. The molecule has 5 nitrogen and oxygen atoms in total. The zero-order valence-corrected chi connectivity index (χ0v) is 15.4. The fourth-order valence-corrected chi connectivity index (χ4v) is 3.49. The molecule has 0 fully saturated rings. The van der Waals surface area contributed by atoms with Crippen LogP contribution >= 0.6 is 0 Å². The van der Waals surface area contributed by atoms with Gasteiger partial charge < -0.3 is 5.32 Å². The highest BCUT2D eigenvalue weighted by Gasteiger charge is 2.12. The van der Waals surface area contributed by atoms with Crippen molar-refractivity contribution in [3.05, 3.63) is 59.7 Å². The number of nitrogens with one attached hydrogen (secondary N) is 2. The first-order valence-corrected chi connectivity index (χ1v) is 9.84. The first-order chi connectivity index (χ1) is 11.9. The SMILES string of the molecule is CCCNS(=O)(=O)c1ccc(CCC(=O)Nc2cccc(C)c2)cc1. The third-order valence-electron chi connectivity index (χ3n) is 3.72. The number of carbonyl (C=O) groups excluding carboxylic acids is 1. The summed E-state index contributed by atoms with van der Waals surface area (Å²) in [6.45, 7) is 4.30. The van der Waals surface area contributed by atoms with Gasteiger partial charge in [-0.15, -0.1) is 0 Å². The van der Waals surface area contributed by atoms with Crippen LogP contribution in [0.1, 0.15) is 30.9 Å². The molecule has 0 spiro atoms. The highest BCUT2D eigenvalue weighted by atomic mass is 32.2. The molecule has 25 heavy (non-hydrogen) atoms. The second-order valence-corrected chi connectivity index (χ2v) is 7.73. The standard InChI is InChI=1S/C19H24N2O3S/c1-3-13-20-25(23,24)18-10-7-16(8-11-18)9-12-19(22)21-17-6-4-5-15(2)14-17/h4-8,10-11,14,20H,3,9,12-13H2,1-2H3,(H,21,22). The average Bonchev–Trinajstić information content (AvgIpc) is 2.59. The predicted octanol–water partition coefficient (Wildman–Crippen LogP) is 3.25. The van der Waals surface area contributed by atoms with Crippen LogP contribution in [0.4, 0.5) is 5.69 Å². The summed E-state index contributed by atoms with van der Waals surface area (Å²) in [7, 11) is -3.44. The van der Waals surface area contributed by atoms with Gasteiger partial charge in [0.15, 0.2) is 0 Å². The van der Waals surface area contributed by atoms with Crippen LogP contribution in [0.5, 0.6) is 0 Å². The van der Waals surface area contributed by atoms with Crippen molar-refractivity contribution in [2.75, 3.05) is 11.9 Å². The topological polar surface area (TPSA) is 75.3 Å². The van der Waals surface area contributed by atoms with Gasteiger partial charge >= 0.3 is 0 Å². The molecule has 0 atom stereocenters. The van der Waals surface area contributed by atoms with Gasteiger partial charge in [0.2, 0.25) is 15.9 Å². The molecule has 2 N–H and O–H groups in total. The predicted molar refractivity (Wildman–Crippen MR) is 100 cm³/mol. The summed E-state index contributed by atoms with van der Waals surface area (Å²) < 4.78 is 26.6. The minimum Gasteiger partial charge on any atom is -0.326 e. The monoisotopic (exact) mass is 360 g/mol. The summed E-state index contributed by atoms with van der Waals surface area (Å²) in [6, 6.07) is 14.3. The Bertz CT molecular complexity index is 815. The Morgan fingerprint density at radius 1 is 1.08 bits per heavy atom. The number of aryl methyl sites for hydroxylation is 2. The molecule has 0 aliphatic rings. The lowest BCUT2D eigenvalue weighted by molar-refractivity contribution is -0.116. The molecule has 134 valence electrons. The van der Waals surface area contributed by atoms with E-state index in [0.717, 1.165) is 23.2 Å². The first kappa shape index (κ1) is 19.1. The zero-order valence-electron chi connectivity index (χ0n) is 14.6. The molecule has 1 amide bonds. The van der Waals surface area contributed by atoms with Crippen LogP contribution in [0.15, 0.2) is 53.4 Å². The fourth-order valence-electron chi connectivity index (χ4n) is 2.36. The Balaban J connectivity index is 1.90. The highest BCUT2D eigenvalue weighted by molar-refractivity contribution is 7.89. The van der Waals surface area contributed by atoms with Gasteiger partial charge in [-0.2, -0.15) is 0 Å². The van der Waals surface area contributed by atoms with E-state index < -0.39 is 10.0 Å². The summed E-state index contributed by atoms with van der Waals surface area (Å²) in [4.78, 5) is 12.3. The molecule has 0 saturated heterocycles. The molecule has 0 radical (unpaired) electrons. The van der Waals surface area contributed by atoms with E-state index in [1.807, 2.05) is 38.1 Å². The highest BCUT2D eigenvalue weighted by Crippen LogP contribution is 2.13. The normalized spacial score (nSPS) is 11.3. The van der Waals surface area contributed by atoms with Crippen LogP contribution in [0.25, 0.3) is 0 Å². The lowest BCUT2D eigenvalue weighted by atomic mass is 10.1. The van der Waals surface area contributed by atoms with Crippen LogP contribution in [-0.4, -0.2) is 20.9 Å². The molecule has 0 saturated carbocycles. The lowest BCUT2D eigenvalue weighted by Crippen LogP contribution is -2.24. The van der Waals surface area contributed by atoms with Crippen molar-refractivity contribution in [2.24, 2.45) is 0 Å². The Hall–Kier alpha value is -2.18. The Labute approximate surface area is 149 Å². The molecule has 0 aromatic heterocycles. The van der Waals surface area contributed by atoms with Crippen molar-refractivity contribution in [3.8, 4) is 0 Å². The minimum atomic E-state index is -3.44. The molecule has 0 heterocycles. The largest absolute Gasteiger partial charge is 0.326 e. The lowest BCUT2D eigenvalue weighted by Gasteiger charge is -2.08. The van der Waals surface area contributed by atoms with Gasteiger partial charge in [-0.05, 0) is 55.2 Å². The molecule has 6 heteroatoms. The van der Waals surface area contributed by atoms with Crippen LogP contribution in [-0.2, 0) is 21.2 Å². The number of carbonyl (C=O) groups is 1. The average molecular weight is 360 g/mol. The summed E-state index contributed by atoms with van der Waals surface area (Å²) >= 11 is 0. The van der Waals surface area contributed by atoms with Gasteiger partial charge in [-0.25, -0.2) is 13.1 Å². The van der Waals surface area contributed by atoms with Crippen molar-refractivity contribution >= 4 is 21.6 Å². The van der Waals surface area contributed by atoms with Crippen molar-refractivity contribution in [2.45, 2.75) is 38.0 Å². The maximum absolute atomic E-state index is 12.0. The number of amides is 1. The van der Waals surface area contributed by atoms with Gasteiger partial charge in [0.25, 0.3) is 0 Å². The number of anilines is 1. The van der Waals surface area contributed by atoms with Crippen LogP contribution in [0, 0.1) is 6.92 Å². The van der Waals surface area contributed by atoms with Gasteiger partial charge in [-0.3, -0.25) is 4.79 Å². The van der Waals surface area contributed by atoms with Crippen LogP contribution < -0.4 is 10.0 Å². The second kappa shape index (κ2) is 8.78. The van der Waals surface area contributed by atoms with Gasteiger partial charge in [0, 0.05) is 18.7 Å². The molecule has 0 aliphatic carbocycles. The third kappa shape index (κ3) is 5.99. The Kier molecular flexibility index (Phi) is 6.73. The van der Waals surface area contributed by atoms with Crippen molar-refractivity contribution < 1.29 is 13.2 Å². The van der Waals surface area contributed by atoms with E-state index in [2.05, 4.69) is 10.0 Å². The number of hydrogen-bond acceptors (Lipinski definition) is 3. The van der Waals surface area contributed by atoms with E-state index in [0.29, 0.717) is 19.4 Å². The van der Waals surface area contributed by atoms with Gasteiger partial charge in [0.1, 0.15) is 0 Å². The second-order valence-electron chi connectivity index (χ2n) is 5.96. The third-order valence-corrected chi connectivity index (χ3v) is 5.20. The molecular weight excluding hydrogens is 336 g/mol. The first-order valence-electron chi connectivity index (χ1n) is 8.36. The molecule has 2 aromatic rings. The summed E-state index contributed by atoms with van der Waals surface area (Å²) in [5.74, 6) is -0.0630. The van der Waals surface area contributed by atoms with E-state index in [1.54, 1.807) is 24.3 Å². The number of hydrogen-bond donors (Lipinski definition) is 2. The Morgan fingerprint density at radius 2 is 1.80 bits per heavy atom. The van der Waals surface area contributed by atoms with Crippen LogP contribution in [0.2, 0.25) is 0 Å². The molecule has 0 unspecified atom stereocenters. The van der Waals surface area contributed by atoms with Gasteiger partial charge in [-0.1, -0.05) is 31.2 Å². The molecular formula is C19H24N2O3S. The van der Waals surface area contributed by atoms with E-state index in [1.165, 1.54) is 0 Å². The van der Waals surface area contributed by atoms with E-state index in [-0.39, 0.29) is 10.8 Å². The number of rotatable bonds is 8. The fraction of sp³-hybridized carbons (Fsp3) is 0.316. The number of benzene rings is 2. The molecule has 2 rings (SSSR count). The van der Waals surface area contributed by atoms with Crippen molar-refractivity contribution in [1.82, 2.24) is 4.72 Å². The van der Waals surface area contributed by atoms with Crippen molar-refractivity contribution in [3.63, 3.8) is 0 Å². The van der Waals surface area contributed by atoms with Gasteiger partial charge in [0.05, 0.1) is 4.90 Å². The smallest absolute Gasteiger partial charge is 0.240 e. The quantitative estimate of drug-likeness (QED) is 0.759. The van der Waals surface area contributed by atoms with E-state index in [9.17, 15) is 13.2 Å².